The van der Waals surface area contributed by atoms with E-state index in [1.807, 2.05) is 31.6 Å². The molecule has 0 spiro atoms. The Morgan fingerprint density at radius 2 is 2.30 bits per heavy atom. The molecule has 0 amide bonds. The van der Waals surface area contributed by atoms with E-state index in [1.165, 1.54) is 11.5 Å². The van der Waals surface area contributed by atoms with Gasteiger partial charge in [0.05, 0.1) is 11.8 Å². The number of nitrogens with one attached hydrogen (secondary N) is 1. The Bertz CT molecular complexity index is 703. The van der Waals surface area contributed by atoms with Crippen LogP contribution in [0.5, 0.6) is 0 Å². The standard InChI is InChI=1S/C13H14N6S/c1-19-8-9(6-17-19)5-16-13-11(12(14)18-20-13)10-3-2-4-15-7-10/h2-4,6-8,16H,5H2,1H3,(H2,14,18). The van der Waals surface area contributed by atoms with Crippen LogP contribution in [0.3, 0.4) is 0 Å². The molecule has 7 heteroatoms. The lowest BCUT2D eigenvalue weighted by Gasteiger charge is -2.05. The van der Waals surface area contributed by atoms with Gasteiger partial charge in [0.25, 0.3) is 0 Å². The van der Waals surface area contributed by atoms with Crippen molar-refractivity contribution < 1.29 is 0 Å². The summed E-state index contributed by atoms with van der Waals surface area (Å²) in [6.07, 6.45) is 7.33. The number of hydrogen-bond donors (Lipinski definition) is 2. The molecule has 0 aliphatic heterocycles. The van der Waals surface area contributed by atoms with E-state index >= 15 is 0 Å². The van der Waals surface area contributed by atoms with Gasteiger partial charge in [-0.25, -0.2) is 0 Å². The summed E-state index contributed by atoms with van der Waals surface area (Å²) in [6.45, 7) is 0.683. The fraction of sp³-hybridized carbons (Fsp3) is 0.154. The molecule has 0 atom stereocenters. The van der Waals surface area contributed by atoms with Gasteiger partial charge in [0.2, 0.25) is 0 Å². The number of aryl methyl sites for hydroxylation is 1. The molecule has 0 aromatic carbocycles. The first kappa shape index (κ1) is 12.6. The number of hydrogen-bond acceptors (Lipinski definition) is 6. The number of nitrogens with two attached hydrogens (primary N) is 1. The topological polar surface area (TPSA) is 81.7 Å². The first-order chi connectivity index (χ1) is 9.74. The minimum absolute atomic E-state index is 0.525. The number of nitrogens with zero attached hydrogens (tertiary/aromatic N) is 4. The molecule has 0 unspecified atom stereocenters. The lowest BCUT2D eigenvalue weighted by molar-refractivity contribution is 0.767. The van der Waals surface area contributed by atoms with Gasteiger partial charge in [-0.3, -0.25) is 9.67 Å². The van der Waals surface area contributed by atoms with E-state index in [0.717, 1.165) is 21.7 Å². The third-order valence-electron chi connectivity index (χ3n) is 2.88. The number of anilines is 2. The molecule has 0 fully saturated rings. The van der Waals surface area contributed by atoms with E-state index in [2.05, 4.69) is 19.8 Å². The van der Waals surface area contributed by atoms with Gasteiger partial charge in [-0.2, -0.15) is 9.47 Å². The third-order valence-corrected chi connectivity index (χ3v) is 3.70. The molecular formula is C13H14N6S. The smallest absolute Gasteiger partial charge is 0.147 e. The van der Waals surface area contributed by atoms with Gasteiger partial charge in [0.1, 0.15) is 10.8 Å². The summed E-state index contributed by atoms with van der Waals surface area (Å²) < 4.78 is 6.00. The highest BCUT2D eigenvalue weighted by molar-refractivity contribution is 7.11. The van der Waals surface area contributed by atoms with E-state index < -0.39 is 0 Å². The molecule has 0 saturated carbocycles. The van der Waals surface area contributed by atoms with Crippen LogP contribution < -0.4 is 11.1 Å². The van der Waals surface area contributed by atoms with Crippen molar-refractivity contribution in [2.75, 3.05) is 11.1 Å². The fourth-order valence-corrected chi connectivity index (χ4v) is 2.69. The number of nitrogen functional groups attached to an aromatic ring is 1. The van der Waals surface area contributed by atoms with E-state index in [4.69, 9.17) is 5.73 Å². The van der Waals surface area contributed by atoms with Crippen molar-refractivity contribution in [2.24, 2.45) is 7.05 Å². The molecule has 102 valence electrons. The predicted molar refractivity (Wildman–Crippen MR) is 80.3 cm³/mol. The van der Waals surface area contributed by atoms with Crippen LogP contribution in [-0.4, -0.2) is 19.1 Å². The minimum atomic E-state index is 0.525. The molecular weight excluding hydrogens is 272 g/mol. The molecule has 20 heavy (non-hydrogen) atoms. The molecule has 0 saturated heterocycles. The van der Waals surface area contributed by atoms with Crippen molar-refractivity contribution in [1.29, 1.82) is 0 Å². The Morgan fingerprint density at radius 1 is 1.40 bits per heavy atom. The molecule has 0 aliphatic rings. The van der Waals surface area contributed by atoms with Crippen molar-refractivity contribution in [3.63, 3.8) is 0 Å². The molecule has 3 heterocycles. The Kier molecular flexibility index (Phi) is 3.34. The monoisotopic (exact) mass is 286 g/mol. The Morgan fingerprint density at radius 3 is 3.00 bits per heavy atom. The highest BCUT2D eigenvalue weighted by atomic mass is 32.1. The van der Waals surface area contributed by atoms with Crippen LogP contribution in [0, 0.1) is 0 Å². The summed E-state index contributed by atoms with van der Waals surface area (Å²) in [7, 11) is 1.90. The van der Waals surface area contributed by atoms with Crippen LogP contribution in [0.1, 0.15) is 5.56 Å². The summed E-state index contributed by atoms with van der Waals surface area (Å²) in [5.41, 5.74) is 8.94. The average molecular weight is 286 g/mol. The van der Waals surface area contributed by atoms with Gasteiger partial charge in [0.15, 0.2) is 0 Å². The molecule has 0 bridgehead atoms. The first-order valence-corrected chi connectivity index (χ1v) is 6.88. The molecule has 3 rings (SSSR count). The van der Waals surface area contributed by atoms with Crippen molar-refractivity contribution in [3.8, 4) is 11.1 Å². The zero-order valence-corrected chi connectivity index (χ0v) is 11.8. The van der Waals surface area contributed by atoms with E-state index in [-0.39, 0.29) is 0 Å². The van der Waals surface area contributed by atoms with Gasteiger partial charge in [-0.05, 0) is 17.6 Å². The zero-order chi connectivity index (χ0) is 13.9. The van der Waals surface area contributed by atoms with Crippen LogP contribution in [-0.2, 0) is 13.6 Å². The van der Waals surface area contributed by atoms with Crippen molar-refractivity contribution in [1.82, 2.24) is 19.1 Å². The second kappa shape index (κ2) is 5.30. The molecule has 0 aliphatic carbocycles. The van der Waals surface area contributed by atoms with Gasteiger partial charge < -0.3 is 11.1 Å². The van der Waals surface area contributed by atoms with Gasteiger partial charge in [-0.1, -0.05) is 6.07 Å². The Balaban J connectivity index is 1.84. The maximum absolute atomic E-state index is 5.96. The molecule has 3 N–H and O–H groups in total. The van der Waals surface area contributed by atoms with E-state index in [9.17, 15) is 0 Å². The van der Waals surface area contributed by atoms with E-state index in [1.54, 1.807) is 17.1 Å². The Hall–Kier alpha value is -2.41. The van der Waals surface area contributed by atoms with Crippen LogP contribution in [0.2, 0.25) is 0 Å². The van der Waals surface area contributed by atoms with Crippen molar-refractivity contribution in [3.05, 3.63) is 42.5 Å². The zero-order valence-electron chi connectivity index (χ0n) is 10.9. The van der Waals surface area contributed by atoms with Crippen LogP contribution in [0.15, 0.2) is 36.9 Å². The minimum Gasteiger partial charge on any atom is -0.382 e. The summed E-state index contributed by atoms with van der Waals surface area (Å²) in [4.78, 5) is 4.12. The van der Waals surface area contributed by atoms with Gasteiger partial charge in [0, 0.05) is 43.3 Å². The average Bonchev–Trinajstić information content (AvgIpc) is 3.03. The second-order valence-electron chi connectivity index (χ2n) is 4.39. The summed E-state index contributed by atoms with van der Waals surface area (Å²) in [5, 5.41) is 8.45. The van der Waals surface area contributed by atoms with Crippen LogP contribution in [0.4, 0.5) is 10.8 Å². The number of aromatic nitrogens is 4. The predicted octanol–water partition coefficient (Wildman–Crippen LogP) is 2.13. The highest BCUT2D eigenvalue weighted by Gasteiger charge is 2.13. The Labute approximate surface area is 120 Å². The summed E-state index contributed by atoms with van der Waals surface area (Å²) in [6, 6.07) is 3.86. The fourth-order valence-electron chi connectivity index (χ4n) is 1.96. The molecule has 3 aromatic heterocycles. The van der Waals surface area contributed by atoms with Crippen LogP contribution in [0.25, 0.3) is 11.1 Å². The largest absolute Gasteiger partial charge is 0.382 e. The van der Waals surface area contributed by atoms with E-state index in [0.29, 0.717) is 12.4 Å². The summed E-state index contributed by atoms with van der Waals surface area (Å²) >= 11 is 1.36. The SMILES string of the molecule is Cn1cc(CNc2snc(N)c2-c2cccnc2)cn1. The van der Waals surface area contributed by atoms with Crippen molar-refractivity contribution >= 4 is 22.4 Å². The van der Waals surface area contributed by atoms with Crippen LogP contribution >= 0.6 is 11.5 Å². The normalized spacial score (nSPS) is 10.7. The van der Waals surface area contributed by atoms with Gasteiger partial charge in [-0.15, -0.1) is 0 Å². The second-order valence-corrected chi connectivity index (χ2v) is 5.16. The first-order valence-electron chi connectivity index (χ1n) is 6.11. The number of pyridine rings is 1. The molecule has 6 nitrogen and oxygen atoms in total. The lowest BCUT2D eigenvalue weighted by Crippen LogP contribution is -1.98. The third kappa shape index (κ3) is 2.48. The quantitative estimate of drug-likeness (QED) is 0.768. The highest BCUT2D eigenvalue weighted by Crippen LogP contribution is 2.36. The number of rotatable bonds is 4. The molecule has 3 aromatic rings. The maximum atomic E-state index is 5.96. The molecule has 0 radical (unpaired) electrons. The summed E-state index contributed by atoms with van der Waals surface area (Å²) in [5.74, 6) is 0.525. The van der Waals surface area contributed by atoms with Crippen molar-refractivity contribution in [2.45, 2.75) is 6.54 Å². The van der Waals surface area contributed by atoms with Gasteiger partial charge >= 0.3 is 0 Å². The maximum Gasteiger partial charge on any atom is 0.147 e. The lowest BCUT2D eigenvalue weighted by atomic mass is 10.1.